The van der Waals surface area contributed by atoms with Crippen molar-refractivity contribution in [2.24, 2.45) is 5.92 Å². The van der Waals surface area contributed by atoms with E-state index in [9.17, 15) is 4.79 Å². The number of piperidine rings is 1. The van der Waals surface area contributed by atoms with Crippen molar-refractivity contribution in [2.75, 3.05) is 39.2 Å². The molecule has 7 heteroatoms. The first-order chi connectivity index (χ1) is 13.6. The van der Waals surface area contributed by atoms with E-state index in [-0.39, 0.29) is 5.91 Å². The van der Waals surface area contributed by atoms with E-state index < -0.39 is 0 Å². The van der Waals surface area contributed by atoms with Crippen LogP contribution in [-0.2, 0) is 6.42 Å². The summed E-state index contributed by atoms with van der Waals surface area (Å²) < 4.78 is 10.6. The van der Waals surface area contributed by atoms with Crippen LogP contribution in [0.15, 0.2) is 30.3 Å². The highest BCUT2D eigenvalue weighted by molar-refractivity contribution is 5.92. The molecule has 2 aromatic rings. The molecular weight excluding hydrogens is 356 g/mol. The predicted octanol–water partition coefficient (Wildman–Crippen LogP) is 3.02. The molecular formula is C21H28N4O3. The van der Waals surface area contributed by atoms with Gasteiger partial charge in [-0.15, -0.1) is 10.2 Å². The molecule has 0 aliphatic carbocycles. The molecule has 0 spiro atoms. The van der Waals surface area contributed by atoms with Crippen LogP contribution >= 0.6 is 0 Å². The van der Waals surface area contributed by atoms with E-state index in [1.165, 1.54) is 6.42 Å². The summed E-state index contributed by atoms with van der Waals surface area (Å²) in [4.78, 5) is 14.4. The number of amides is 1. The standard InChI is InChI=1S/C21H28N4O3/c1-15-5-4-12-25(14-15)21(26)17-7-9-20(24-23-17)22-11-10-16-6-8-18(27-2)19(13-16)28-3/h6-9,13,15H,4-5,10-12,14H2,1-3H3,(H,22,24). The maximum atomic E-state index is 12.5. The van der Waals surface area contributed by atoms with Gasteiger partial charge in [0.15, 0.2) is 17.2 Å². The average Bonchev–Trinajstić information content (AvgIpc) is 2.73. The van der Waals surface area contributed by atoms with Gasteiger partial charge in [-0.3, -0.25) is 4.79 Å². The average molecular weight is 384 g/mol. The monoisotopic (exact) mass is 384 g/mol. The Hall–Kier alpha value is -2.83. The van der Waals surface area contributed by atoms with Crippen LogP contribution in [0.25, 0.3) is 0 Å². The van der Waals surface area contributed by atoms with E-state index in [1.54, 1.807) is 20.3 Å². The topological polar surface area (TPSA) is 76.6 Å². The summed E-state index contributed by atoms with van der Waals surface area (Å²) in [5.41, 5.74) is 1.53. The van der Waals surface area contributed by atoms with Crippen LogP contribution in [0.1, 0.15) is 35.8 Å². The number of aromatic nitrogens is 2. The summed E-state index contributed by atoms with van der Waals surface area (Å²) in [6, 6.07) is 9.43. The third-order valence-corrected chi connectivity index (χ3v) is 5.00. The maximum absolute atomic E-state index is 12.5. The first-order valence-electron chi connectivity index (χ1n) is 9.68. The van der Waals surface area contributed by atoms with Crippen molar-refractivity contribution in [3.05, 3.63) is 41.6 Å². The van der Waals surface area contributed by atoms with Gasteiger partial charge in [-0.1, -0.05) is 13.0 Å². The fourth-order valence-corrected chi connectivity index (χ4v) is 3.45. The van der Waals surface area contributed by atoms with Gasteiger partial charge in [0.1, 0.15) is 5.82 Å². The minimum atomic E-state index is -0.0315. The molecule has 1 aliphatic heterocycles. The third kappa shape index (κ3) is 4.91. The summed E-state index contributed by atoms with van der Waals surface area (Å²) in [6.07, 6.45) is 3.03. The van der Waals surface area contributed by atoms with Crippen molar-refractivity contribution >= 4 is 11.7 Å². The van der Waals surface area contributed by atoms with Crippen LogP contribution in [0.2, 0.25) is 0 Å². The van der Waals surface area contributed by atoms with Crippen molar-refractivity contribution in [1.29, 1.82) is 0 Å². The largest absolute Gasteiger partial charge is 0.493 e. The molecule has 1 unspecified atom stereocenters. The number of rotatable bonds is 7. The normalized spacial score (nSPS) is 16.5. The van der Waals surface area contributed by atoms with Gasteiger partial charge in [-0.25, -0.2) is 0 Å². The molecule has 1 amide bonds. The molecule has 2 heterocycles. The third-order valence-electron chi connectivity index (χ3n) is 5.00. The molecule has 1 fully saturated rings. The lowest BCUT2D eigenvalue weighted by Gasteiger charge is -2.30. The molecule has 28 heavy (non-hydrogen) atoms. The van der Waals surface area contributed by atoms with Crippen molar-refractivity contribution in [3.63, 3.8) is 0 Å². The van der Waals surface area contributed by atoms with Gasteiger partial charge in [0.25, 0.3) is 5.91 Å². The fraction of sp³-hybridized carbons (Fsp3) is 0.476. The molecule has 0 bridgehead atoms. The van der Waals surface area contributed by atoms with Gasteiger partial charge >= 0.3 is 0 Å². The summed E-state index contributed by atoms with van der Waals surface area (Å²) in [5, 5.41) is 11.5. The van der Waals surface area contributed by atoms with Gasteiger partial charge < -0.3 is 19.7 Å². The number of likely N-dealkylation sites (tertiary alicyclic amines) is 1. The molecule has 1 atom stereocenters. The smallest absolute Gasteiger partial charge is 0.274 e. The number of hydrogen-bond acceptors (Lipinski definition) is 6. The predicted molar refractivity (Wildman–Crippen MR) is 108 cm³/mol. The fourth-order valence-electron chi connectivity index (χ4n) is 3.45. The summed E-state index contributed by atoms with van der Waals surface area (Å²) in [6.45, 7) is 4.47. The molecule has 0 radical (unpaired) electrons. The number of nitrogens with zero attached hydrogens (tertiary/aromatic N) is 3. The lowest BCUT2D eigenvalue weighted by molar-refractivity contribution is 0.0676. The van der Waals surface area contributed by atoms with E-state index in [2.05, 4.69) is 22.4 Å². The SMILES string of the molecule is COc1ccc(CCNc2ccc(C(=O)N3CCCC(C)C3)nn2)cc1OC. The highest BCUT2D eigenvalue weighted by atomic mass is 16.5. The van der Waals surface area contributed by atoms with Gasteiger partial charge in [0.05, 0.1) is 14.2 Å². The van der Waals surface area contributed by atoms with Crippen molar-refractivity contribution in [2.45, 2.75) is 26.2 Å². The van der Waals surface area contributed by atoms with Gasteiger partial charge in [0.2, 0.25) is 0 Å². The molecule has 3 rings (SSSR count). The second-order valence-corrected chi connectivity index (χ2v) is 7.17. The number of nitrogens with one attached hydrogen (secondary N) is 1. The van der Waals surface area contributed by atoms with Gasteiger partial charge in [0, 0.05) is 19.6 Å². The Morgan fingerprint density at radius 1 is 1.18 bits per heavy atom. The Morgan fingerprint density at radius 2 is 2.00 bits per heavy atom. The van der Waals surface area contributed by atoms with Crippen molar-refractivity contribution in [3.8, 4) is 11.5 Å². The Labute approximate surface area is 166 Å². The van der Waals surface area contributed by atoms with E-state index >= 15 is 0 Å². The highest BCUT2D eigenvalue weighted by Crippen LogP contribution is 2.27. The van der Waals surface area contributed by atoms with Gasteiger partial charge in [-0.2, -0.15) is 0 Å². The molecule has 1 aromatic heterocycles. The van der Waals surface area contributed by atoms with E-state index in [0.717, 1.165) is 37.2 Å². The molecule has 1 aromatic carbocycles. The second kappa shape index (κ2) is 9.39. The molecule has 7 nitrogen and oxygen atoms in total. The van der Waals surface area contributed by atoms with E-state index in [1.807, 2.05) is 29.2 Å². The Balaban J connectivity index is 1.52. The van der Waals surface area contributed by atoms with Crippen LogP contribution in [0.5, 0.6) is 11.5 Å². The van der Waals surface area contributed by atoms with Crippen LogP contribution in [0.4, 0.5) is 5.82 Å². The summed E-state index contributed by atoms with van der Waals surface area (Å²) in [7, 11) is 3.25. The highest BCUT2D eigenvalue weighted by Gasteiger charge is 2.23. The number of carbonyl (C=O) groups excluding carboxylic acids is 1. The van der Waals surface area contributed by atoms with Crippen LogP contribution in [0, 0.1) is 5.92 Å². The maximum Gasteiger partial charge on any atom is 0.274 e. The van der Waals surface area contributed by atoms with Crippen LogP contribution < -0.4 is 14.8 Å². The molecule has 1 N–H and O–H groups in total. The van der Waals surface area contributed by atoms with Crippen molar-refractivity contribution < 1.29 is 14.3 Å². The van der Waals surface area contributed by atoms with Gasteiger partial charge in [-0.05, 0) is 55.0 Å². The van der Waals surface area contributed by atoms with Crippen molar-refractivity contribution in [1.82, 2.24) is 15.1 Å². The zero-order chi connectivity index (χ0) is 19.9. The van der Waals surface area contributed by atoms with Crippen LogP contribution in [0.3, 0.4) is 0 Å². The number of ether oxygens (including phenoxy) is 2. The Bertz CT molecular complexity index is 795. The van der Waals surface area contributed by atoms with Crippen LogP contribution in [-0.4, -0.2) is 54.9 Å². The molecule has 1 saturated heterocycles. The minimum Gasteiger partial charge on any atom is -0.493 e. The number of hydrogen-bond donors (Lipinski definition) is 1. The first kappa shape index (κ1) is 19.9. The second-order valence-electron chi connectivity index (χ2n) is 7.17. The zero-order valence-electron chi connectivity index (χ0n) is 16.8. The zero-order valence-corrected chi connectivity index (χ0v) is 16.8. The summed E-state index contributed by atoms with van der Waals surface area (Å²) >= 11 is 0. The first-order valence-corrected chi connectivity index (χ1v) is 9.68. The lowest BCUT2D eigenvalue weighted by Crippen LogP contribution is -2.39. The number of carbonyl (C=O) groups is 1. The molecule has 1 aliphatic rings. The number of anilines is 1. The molecule has 0 saturated carbocycles. The van der Waals surface area contributed by atoms with E-state index in [4.69, 9.17) is 9.47 Å². The molecule has 150 valence electrons. The minimum absolute atomic E-state index is 0.0315. The number of methoxy groups -OCH3 is 2. The summed E-state index contributed by atoms with van der Waals surface area (Å²) in [5.74, 6) is 2.60. The number of benzene rings is 1. The quantitative estimate of drug-likeness (QED) is 0.791. The Kier molecular flexibility index (Phi) is 6.68. The Morgan fingerprint density at radius 3 is 2.68 bits per heavy atom. The van der Waals surface area contributed by atoms with E-state index in [0.29, 0.717) is 29.7 Å². The lowest BCUT2D eigenvalue weighted by atomic mass is 10.00.